The van der Waals surface area contributed by atoms with Crippen LogP contribution in [0.4, 0.5) is 11.4 Å². The molecule has 0 aromatic heterocycles. The van der Waals surface area contributed by atoms with Crippen LogP contribution in [-0.2, 0) is 14.8 Å². The molecule has 0 aliphatic heterocycles. The van der Waals surface area contributed by atoms with Gasteiger partial charge in [-0.3, -0.25) is 9.52 Å². The number of hydrogen-bond acceptors (Lipinski definition) is 4. The molecule has 1 aromatic carbocycles. The van der Waals surface area contributed by atoms with E-state index in [4.69, 9.17) is 0 Å². The molecule has 0 fully saturated rings. The van der Waals surface area contributed by atoms with E-state index in [0.29, 0.717) is 11.4 Å². The van der Waals surface area contributed by atoms with E-state index in [1.165, 1.54) is 0 Å². The van der Waals surface area contributed by atoms with Crippen LogP contribution in [0.5, 0.6) is 0 Å². The fourth-order valence-electron chi connectivity index (χ4n) is 1.28. The second-order valence-electron chi connectivity index (χ2n) is 4.78. The summed E-state index contributed by atoms with van der Waals surface area (Å²) in [7, 11) is -1.63. The molecule has 0 aliphatic rings. The highest BCUT2D eigenvalue weighted by Crippen LogP contribution is 2.17. The van der Waals surface area contributed by atoms with E-state index in [-0.39, 0.29) is 5.91 Å². The van der Waals surface area contributed by atoms with Gasteiger partial charge in [-0.25, -0.2) is 8.42 Å². The predicted molar refractivity (Wildman–Crippen MR) is 76.7 cm³/mol. The van der Waals surface area contributed by atoms with E-state index in [0.717, 1.165) is 6.26 Å². The summed E-state index contributed by atoms with van der Waals surface area (Å²) in [5, 5.41) is 5.61. The Morgan fingerprint density at radius 2 is 1.79 bits per heavy atom. The van der Waals surface area contributed by atoms with Crippen LogP contribution in [0.25, 0.3) is 0 Å². The number of nitrogens with one attached hydrogen (secondary N) is 3. The molecule has 1 amide bonds. The zero-order valence-corrected chi connectivity index (χ0v) is 12.3. The average Bonchev–Trinajstić information content (AvgIpc) is 2.27. The maximum Gasteiger partial charge on any atom is 0.244 e. The van der Waals surface area contributed by atoms with E-state index in [9.17, 15) is 13.2 Å². The minimum absolute atomic E-state index is 0.202. The molecule has 0 unspecified atom stereocenters. The van der Waals surface area contributed by atoms with Gasteiger partial charge in [0.05, 0.1) is 17.5 Å². The number of sulfonamides is 1. The molecule has 0 spiro atoms. The van der Waals surface area contributed by atoms with Crippen molar-refractivity contribution >= 4 is 27.3 Å². The minimum Gasteiger partial charge on any atom is -0.324 e. The first-order valence-corrected chi connectivity index (χ1v) is 7.61. The Hall–Kier alpha value is -1.60. The molecule has 0 heterocycles. The number of carbonyl (C=O) groups excluding carboxylic acids is 1. The van der Waals surface area contributed by atoms with E-state index in [2.05, 4.69) is 15.4 Å². The number of hydrogen-bond donors (Lipinski definition) is 3. The average molecular weight is 285 g/mol. The number of likely N-dealkylation sites (N-methyl/N-ethyl adjacent to an activating group) is 1. The van der Waals surface area contributed by atoms with Crippen molar-refractivity contribution in [1.29, 1.82) is 0 Å². The van der Waals surface area contributed by atoms with E-state index >= 15 is 0 Å². The van der Waals surface area contributed by atoms with Crippen LogP contribution in [0.2, 0.25) is 0 Å². The molecule has 1 aromatic rings. The van der Waals surface area contributed by atoms with Gasteiger partial charge in [0.15, 0.2) is 0 Å². The Morgan fingerprint density at radius 1 is 1.21 bits per heavy atom. The van der Waals surface area contributed by atoms with Gasteiger partial charge in [0, 0.05) is 5.69 Å². The summed E-state index contributed by atoms with van der Waals surface area (Å²) in [5.74, 6) is -0.202. The van der Waals surface area contributed by atoms with Crippen molar-refractivity contribution in [2.45, 2.75) is 19.4 Å². The SMILES string of the molecule is CNC(C)(C)C(=O)Nc1cccc(NS(C)(=O)=O)c1. The van der Waals surface area contributed by atoms with Crippen LogP contribution < -0.4 is 15.4 Å². The van der Waals surface area contributed by atoms with Crippen LogP contribution in [0, 0.1) is 0 Å². The fourth-order valence-corrected chi connectivity index (χ4v) is 1.83. The maximum absolute atomic E-state index is 11.9. The van der Waals surface area contributed by atoms with E-state index in [1.54, 1.807) is 45.2 Å². The summed E-state index contributed by atoms with van der Waals surface area (Å²) in [4.78, 5) is 11.9. The third-order valence-corrected chi connectivity index (χ3v) is 3.22. The molecule has 0 aliphatic carbocycles. The molecule has 19 heavy (non-hydrogen) atoms. The molecule has 3 N–H and O–H groups in total. The zero-order valence-electron chi connectivity index (χ0n) is 11.4. The van der Waals surface area contributed by atoms with Gasteiger partial charge < -0.3 is 10.6 Å². The lowest BCUT2D eigenvalue weighted by atomic mass is 10.1. The summed E-state index contributed by atoms with van der Waals surface area (Å²) in [6.07, 6.45) is 1.07. The van der Waals surface area contributed by atoms with Crippen LogP contribution in [0.1, 0.15) is 13.8 Å². The summed E-state index contributed by atoms with van der Waals surface area (Å²) >= 11 is 0. The lowest BCUT2D eigenvalue weighted by Crippen LogP contribution is -2.47. The predicted octanol–water partition coefficient (Wildman–Crippen LogP) is 0.995. The minimum atomic E-state index is -3.33. The standard InChI is InChI=1S/C12H19N3O3S/c1-12(2,13-3)11(16)14-9-6-5-7-10(8-9)15-19(4,17)18/h5-8,13,15H,1-4H3,(H,14,16). The first-order chi connectivity index (χ1) is 8.64. The summed E-state index contributed by atoms with van der Waals surface area (Å²) in [5.41, 5.74) is 0.227. The van der Waals surface area contributed by atoms with Crippen LogP contribution in [-0.4, -0.2) is 33.2 Å². The molecule has 7 heteroatoms. The Bertz CT molecular complexity index is 567. The van der Waals surface area contributed by atoms with Gasteiger partial charge in [-0.15, -0.1) is 0 Å². The maximum atomic E-state index is 11.9. The molecule has 0 saturated carbocycles. The second-order valence-corrected chi connectivity index (χ2v) is 6.53. The highest BCUT2D eigenvalue weighted by atomic mass is 32.2. The number of carbonyl (C=O) groups is 1. The highest BCUT2D eigenvalue weighted by Gasteiger charge is 2.25. The summed E-state index contributed by atoms with van der Waals surface area (Å²) < 4.78 is 24.6. The first kappa shape index (κ1) is 15.5. The number of amides is 1. The first-order valence-electron chi connectivity index (χ1n) is 5.72. The molecule has 6 nitrogen and oxygen atoms in total. The van der Waals surface area contributed by atoms with Gasteiger partial charge in [0.2, 0.25) is 15.9 Å². The van der Waals surface area contributed by atoms with E-state index in [1.807, 2.05) is 0 Å². The van der Waals surface area contributed by atoms with Gasteiger partial charge in [0.1, 0.15) is 0 Å². The second kappa shape index (κ2) is 5.58. The number of anilines is 2. The molecular weight excluding hydrogens is 266 g/mol. The fraction of sp³-hybridized carbons (Fsp3) is 0.417. The summed E-state index contributed by atoms with van der Waals surface area (Å²) in [6.45, 7) is 3.50. The van der Waals surface area contributed by atoms with Gasteiger partial charge in [0.25, 0.3) is 0 Å². The molecule has 0 bridgehead atoms. The molecule has 0 radical (unpaired) electrons. The van der Waals surface area contributed by atoms with Gasteiger partial charge in [-0.2, -0.15) is 0 Å². The normalized spacial score (nSPS) is 12.0. The quantitative estimate of drug-likeness (QED) is 0.753. The topological polar surface area (TPSA) is 87.3 Å². The Labute approximate surface area is 113 Å². The third kappa shape index (κ3) is 4.88. The lowest BCUT2D eigenvalue weighted by Gasteiger charge is -2.22. The van der Waals surface area contributed by atoms with Gasteiger partial charge in [-0.1, -0.05) is 6.07 Å². The van der Waals surface area contributed by atoms with Crippen molar-refractivity contribution in [3.8, 4) is 0 Å². The van der Waals surface area contributed by atoms with Crippen molar-refractivity contribution in [2.24, 2.45) is 0 Å². The molecule has 0 atom stereocenters. The number of rotatable bonds is 5. The Kier molecular flexibility index (Phi) is 4.54. The van der Waals surface area contributed by atoms with Crippen LogP contribution >= 0.6 is 0 Å². The molecule has 0 saturated heterocycles. The Balaban J connectivity index is 2.87. The zero-order chi connectivity index (χ0) is 14.7. The molecular formula is C12H19N3O3S. The number of benzene rings is 1. The molecule has 106 valence electrons. The van der Waals surface area contributed by atoms with Crippen LogP contribution in [0.3, 0.4) is 0 Å². The Morgan fingerprint density at radius 3 is 2.32 bits per heavy atom. The monoisotopic (exact) mass is 285 g/mol. The largest absolute Gasteiger partial charge is 0.324 e. The van der Waals surface area contributed by atoms with Crippen molar-refractivity contribution in [3.63, 3.8) is 0 Å². The third-order valence-electron chi connectivity index (χ3n) is 2.62. The van der Waals surface area contributed by atoms with E-state index < -0.39 is 15.6 Å². The van der Waals surface area contributed by atoms with Crippen molar-refractivity contribution in [1.82, 2.24) is 5.32 Å². The van der Waals surface area contributed by atoms with Gasteiger partial charge >= 0.3 is 0 Å². The van der Waals surface area contributed by atoms with Gasteiger partial charge in [-0.05, 0) is 39.1 Å². The summed E-state index contributed by atoms with van der Waals surface area (Å²) in [6, 6.07) is 6.53. The highest BCUT2D eigenvalue weighted by molar-refractivity contribution is 7.92. The van der Waals surface area contributed by atoms with Crippen molar-refractivity contribution < 1.29 is 13.2 Å². The van der Waals surface area contributed by atoms with Crippen LogP contribution in [0.15, 0.2) is 24.3 Å². The smallest absolute Gasteiger partial charge is 0.244 e. The van der Waals surface area contributed by atoms with Crippen molar-refractivity contribution in [2.75, 3.05) is 23.3 Å². The van der Waals surface area contributed by atoms with Crippen molar-refractivity contribution in [3.05, 3.63) is 24.3 Å². The lowest BCUT2D eigenvalue weighted by molar-refractivity contribution is -0.121. The molecule has 1 rings (SSSR count).